The van der Waals surface area contributed by atoms with E-state index in [0.29, 0.717) is 32.7 Å². The van der Waals surface area contributed by atoms with Crippen molar-refractivity contribution in [3.63, 3.8) is 0 Å². The zero-order valence-corrected chi connectivity index (χ0v) is 12.4. The van der Waals surface area contributed by atoms with E-state index in [4.69, 9.17) is 4.74 Å². The average Bonchev–Trinajstić information content (AvgIpc) is 2.46. The van der Waals surface area contributed by atoms with Gasteiger partial charge in [0, 0.05) is 31.0 Å². The predicted molar refractivity (Wildman–Crippen MR) is 72.1 cm³/mol. The van der Waals surface area contributed by atoms with Gasteiger partial charge >= 0.3 is 18.9 Å². The van der Waals surface area contributed by atoms with Gasteiger partial charge in [0.15, 0.2) is 0 Å². The molecule has 0 spiro atoms. The molecule has 22 heavy (non-hydrogen) atoms. The minimum atomic E-state index is -1.23. The summed E-state index contributed by atoms with van der Waals surface area (Å²) in [5, 5.41) is 10.9. The van der Waals surface area contributed by atoms with Gasteiger partial charge in [0.2, 0.25) is 5.91 Å². The molecule has 3 rings (SSSR count). The molecule has 0 atom stereocenters. The van der Waals surface area contributed by atoms with Crippen LogP contribution in [-0.4, -0.2) is 48.1 Å². The molecule has 1 aromatic rings. The summed E-state index contributed by atoms with van der Waals surface area (Å²) in [5.41, 5.74) is 1.86. The Kier molecular flexibility index (Phi) is 5.41. The van der Waals surface area contributed by atoms with Crippen LogP contribution in [0.3, 0.4) is 0 Å². The number of carbonyl (C=O) groups is 2. The molecule has 0 bridgehead atoms. The van der Waals surface area contributed by atoms with Gasteiger partial charge in [-0.25, -0.2) is 0 Å². The van der Waals surface area contributed by atoms with E-state index >= 15 is 0 Å². The molecule has 0 unspecified atom stereocenters. The number of carbonyl (C=O) groups excluding carboxylic acids is 2. The van der Waals surface area contributed by atoms with Gasteiger partial charge in [-0.05, 0) is 23.6 Å². The van der Waals surface area contributed by atoms with Gasteiger partial charge in [-0.1, -0.05) is 6.08 Å². The fourth-order valence-corrected chi connectivity index (χ4v) is 2.50. The van der Waals surface area contributed by atoms with Crippen LogP contribution in [0.25, 0.3) is 5.57 Å². The Balaban J connectivity index is 0.00000176. The molecule has 2 aliphatic rings. The van der Waals surface area contributed by atoms with Crippen LogP contribution < -0.4 is 24.0 Å². The quantitative estimate of drug-likeness (QED) is 0.546. The topological polar surface area (TPSA) is 82.6 Å². The molecule has 1 fully saturated rings. The minimum Gasteiger partial charge on any atom is -0.545 e. The van der Waals surface area contributed by atoms with Gasteiger partial charge in [0.1, 0.15) is 0 Å². The Bertz CT molecular complexity index is 613. The SMILES string of the molecule is O=C([O-])c1cncc(C2=CCN(C(=O)C3COC3)CC2)c1.[Li+]. The number of nitrogens with zero attached hydrogens (tertiary/aromatic N) is 2. The van der Waals surface area contributed by atoms with Crippen molar-refractivity contribution in [2.45, 2.75) is 6.42 Å². The fraction of sp³-hybridized carbons (Fsp3) is 0.400. The molecule has 2 aliphatic heterocycles. The second kappa shape index (κ2) is 7.10. The van der Waals surface area contributed by atoms with E-state index in [1.165, 1.54) is 6.20 Å². The first kappa shape index (κ1) is 16.8. The van der Waals surface area contributed by atoms with Crippen LogP contribution in [0.5, 0.6) is 0 Å². The maximum absolute atomic E-state index is 12.1. The number of carboxylic acid groups (broad SMARTS) is 1. The maximum atomic E-state index is 12.1. The molecule has 0 saturated carbocycles. The van der Waals surface area contributed by atoms with Crippen LogP contribution in [0, 0.1) is 5.92 Å². The van der Waals surface area contributed by atoms with Crippen LogP contribution in [0.1, 0.15) is 22.3 Å². The fourth-order valence-electron chi connectivity index (χ4n) is 2.50. The Hall–Kier alpha value is -1.61. The van der Waals surface area contributed by atoms with Crippen molar-refractivity contribution in [1.82, 2.24) is 9.88 Å². The molecule has 6 nitrogen and oxygen atoms in total. The second-order valence-electron chi connectivity index (χ2n) is 5.25. The monoisotopic (exact) mass is 294 g/mol. The van der Waals surface area contributed by atoms with E-state index in [9.17, 15) is 14.7 Å². The maximum Gasteiger partial charge on any atom is 1.00 e. The Morgan fingerprint density at radius 1 is 1.32 bits per heavy atom. The smallest absolute Gasteiger partial charge is 0.545 e. The minimum absolute atomic E-state index is 0. The largest absolute Gasteiger partial charge is 1.00 e. The molecule has 1 amide bonds. The van der Waals surface area contributed by atoms with Gasteiger partial charge in [-0.2, -0.15) is 0 Å². The second-order valence-corrected chi connectivity index (χ2v) is 5.25. The number of aromatic nitrogens is 1. The van der Waals surface area contributed by atoms with Crippen LogP contribution in [0.2, 0.25) is 0 Å². The summed E-state index contributed by atoms with van der Waals surface area (Å²) in [6, 6.07) is 1.56. The number of rotatable bonds is 3. The molecular formula is C15H15LiN2O4. The normalized spacial score (nSPS) is 18.0. The van der Waals surface area contributed by atoms with E-state index in [1.807, 2.05) is 11.0 Å². The predicted octanol–water partition coefficient (Wildman–Crippen LogP) is -3.29. The summed E-state index contributed by atoms with van der Waals surface area (Å²) in [5.74, 6) is -1.09. The molecule has 0 N–H and O–H groups in total. The number of carboxylic acids is 1. The first-order valence-electron chi connectivity index (χ1n) is 6.87. The number of pyridine rings is 1. The zero-order valence-electron chi connectivity index (χ0n) is 12.4. The number of hydrogen-bond donors (Lipinski definition) is 0. The van der Waals surface area contributed by atoms with Crippen LogP contribution in [0.4, 0.5) is 0 Å². The Morgan fingerprint density at radius 3 is 2.64 bits per heavy atom. The van der Waals surface area contributed by atoms with Crippen molar-refractivity contribution in [2.75, 3.05) is 26.3 Å². The van der Waals surface area contributed by atoms with E-state index < -0.39 is 5.97 Å². The Morgan fingerprint density at radius 2 is 2.09 bits per heavy atom. The van der Waals surface area contributed by atoms with Crippen molar-refractivity contribution in [3.8, 4) is 0 Å². The molecule has 1 saturated heterocycles. The standard InChI is InChI=1S/C15H16N2O4.Li/c18-14(13-8-21-9-13)17-3-1-10(2-4-17)11-5-12(15(19)20)7-16-6-11;/h1,5-7,13H,2-4,8-9H2,(H,19,20);/q;+1/p-1. The van der Waals surface area contributed by atoms with Crippen molar-refractivity contribution >= 4 is 17.4 Å². The molecule has 1 aromatic heterocycles. The number of amides is 1. The third-order valence-corrected chi connectivity index (χ3v) is 3.85. The van der Waals surface area contributed by atoms with Gasteiger partial charge < -0.3 is 19.5 Å². The number of ether oxygens (including phenoxy) is 1. The molecule has 0 aliphatic carbocycles. The van der Waals surface area contributed by atoms with E-state index in [2.05, 4.69) is 4.98 Å². The van der Waals surface area contributed by atoms with Crippen LogP contribution in [-0.2, 0) is 9.53 Å². The molecule has 0 radical (unpaired) electrons. The molecule has 0 aromatic carbocycles. The molecular weight excluding hydrogens is 279 g/mol. The molecule has 7 heteroatoms. The first-order chi connectivity index (χ1) is 10.1. The molecule has 3 heterocycles. The summed E-state index contributed by atoms with van der Waals surface area (Å²) >= 11 is 0. The number of hydrogen-bond acceptors (Lipinski definition) is 5. The number of aromatic carboxylic acids is 1. The van der Waals surface area contributed by atoms with E-state index in [-0.39, 0.29) is 36.2 Å². The summed E-state index contributed by atoms with van der Waals surface area (Å²) in [6.45, 7) is 2.21. The summed E-state index contributed by atoms with van der Waals surface area (Å²) in [7, 11) is 0. The van der Waals surface area contributed by atoms with Crippen molar-refractivity contribution in [2.24, 2.45) is 5.92 Å². The van der Waals surface area contributed by atoms with E-state index in [0.717, 1.165) is 11.1 Å². The van der Waals surface area contributed by atoms with Gasteiger partial charge in [-0.15, -0.1) is 0 Å². The van der Waals surface area contributed by atoms with Crippen LogP contribution in [0.15, 0.2) is 24.5 Å². The third kappa shape index (κ3) is 3.41. The zero-order chi connectivity index (χ0) is 14.8. The van der Waals surface area contributed by atoms with Gasteiger partial charge in [0.05, 0.1) is 25.1 Å². The van der Waals surface area contributed by atoms with Crippen molar-refractivity contribution in [1.29, 1.82) is 0 Å². The summed E-state index contributed by atoms with van der Waals surface area (Å²) in [4.78, 5) is 28.7. The van der Waals surface area contributed by atoms with Gasteiger partial charge in [-0.3, -0.25) is 9.78 Å². The Labute approximate surface area is 140 Å². The molecule has 110 valence electrons. The van der Waals surface area contributed by atoms with Crippen molar-refractivity contribution in [3.05, 3.63) is 35.7 Å². The van der Waals surface area contributed by atoms with Crippen LogP contribution >= 0.6 is 0 Å². The summed E-state index contributed by atoms with van der Waals surface area (Å²) < 4.78 is 5.04. The van der Waals surface area contributed by atoms with Crippen molar-refractivity contribution < 1.29 is 38.3 Å². The van der Waals surface area contributed by atoms with E-state index in [1.54, 1.807) is 12.3 Å². The third-order valence-electron chi connectivity index (χ3n) is 3.85. The first-order valence-corrected chi connectivity index (χ1v) is 6.87. The summed E-state index contributed by atoms with van der Waals surface area (Å²) in [6.07, 6.45) is 5.55. The average molecular weight is 294 g/mol. The van der Waals surface area contributed by atoms with Gasteiger partial charge in [0.25, 0.3) is 0 Å².